The molecule has 0 aliphatic carbocycles. The number of rotatable bonds is 2. The molecular formula is C13H18BrF3N4O. The van der Waals surface area contributed by atoms with Gasteiger partial charge in [-0.2, -0.15) is 18.3 Å². The lowest BCUT2D eigenvalue weighted by Crippen LogP contribution is -2.49. The van der Waals surface area contributed by atoms with Crippen molar-refractivity contribution in [1.82, 2.24) is 19.6 Å². The van der Waals surface area contributed by atoms with Gasteiger partial charge in [-0.05, 0) is 36.8 Å². The molecule has 1 aromatic rings. The summed E-state index contributed by atoms with van der Waals surface area (Å²) in [5.74, 6) is -0.208. The Morgan fingerprint density at radius 1 is 1.27 bits per heavy atom. The van der Waals surface area contributed by atoms with Crippen LogP contribution in [0.3, 0.4) is 0 Å². The molecule has 0 saturated carbocycles. The van der Waals surface area contributed by atoms with E-state index in [1.165, 1.54) is 6.92 Å². The third-order valence-corrected chi connectivity index (χ3v) is 4.83. The van der Waals surface area contributed by atoms with Gasteiger partial charge in [0.1, 0.15) is 6.04 Å². The van der Waals surface area contributed by atoms with E-state index in [0.717, 1.165) is 17.8 Å². The lowest BCUT2D eigenvalue weighted by Gasteiger charge is -2.34. The molecule has 1 atom stereocenters. The molecule has 2 rings (SSSR count). The van der Waals surface area contributed by atoms with Crippen LogP contribution in [0.15, 0.2) is 4.47 Å². The van der Waals surface area contributed by atoms with Gasteiger partial charge >= 0.3 is 6.18 Å². The number of likely N-dealkylation sites (N-methyl/N-ethyl adjacent to an activating group) is 1. The summed E-state index contributed by atoms with van der Waals surface area (Å²) in [6.45, 7) is 5.76. The molecule has 1 aliphatic rings. The fraction of sp³-hybridized carbons (Fsp3) is 0.692. The first kappa shape index (κ1) is 17.3. The summed E-state index contributed by atoms with van der Waals surface area (Å²) < 4.78 is 39.7. The molecule has 1 fully saturated rings. The number of carbonyl (C=O) groups excluding carboxylic acids is 1. The van der Waals surface area contributed by atoms with Gasteiger partial charge in [0.15, 0.2) is 5.69 Å². The number of hydrogen-bond donors (Lipinski definition) is 0. The van der Waals surface area contributed by atoms with Crippen LogP contribution in [0.2, 0.25) is 0 Å². The molecule has 22 heavy (non-hydrogen) atoms. The van der Waals surface area contributed by atoms with Crippen LogP contribution < -0.4 is 0 Å². The van der Waals surface area contributed by atoms with Crippen molar-refractivity contribution in [3.8, 4) is 0 Å². The van der Waals surface area contributed by atoms with E-state index in [9.17, 15) is 18.0 Å². The predicted molar refractivity (Wildman–Crippen MR) is 78.5 cm³/mol. The highest BCUT2D eigenvalue weighted by atomic mass is 79.9. The zero-order chi connectivity index (χ0) is 16.7. The molecule has 1 saturated heterocycles. The van der Waals surface area contributed by atoms with Crippen molar-refractivity contribution >= 4 is 21.8 Å². The molecule has 0 aromatic carbocycles. The fourth-order valence-corrected chi connectivity index (χ4v) is 2.94. The van der Waals surface area contributed by atoms with Crippen molar-refractivity contribution in [2.45, 2.75) is 26.1 Å². The van der Waals surface area contributed by atoms with Gasteiger partial charge in [0.05, 0.1) is 10.2 Å². The van der Waals surface area contributed by atoms with Crippen LogP contribution in [0.1, 0.15) is 24.4 Å². The molecule has 0 unspecified atom stereocenters. The van der Waals surface area contributed by atoms with Crippen molar-refractivity contribution in [3.63, 3.8) is 0 Å². The number of nitrogens with zero attached hydrogens (tertiary/aromatic N) is 4. The average molecular weight is 383 g/mol. The standard InChI is InChI=1S/C13H18BrF3N4O/c1-8-10(14)11(13(15,16)17)18-21(8)9(2)12(22)20-6-4-19(3)5-7-20/h9H,4-7H2,1-3H3/t9-/m0/s1. The highest BCUT2D eigenvalue weighted by Gasteiger charge is 2.39. The maximum Gasteiger partial charge on any atom is 0.436 e. The van der Waals surface area contributed by atoms with Crippen LogP contribution >= 0.6 is 15.9 Å². The first-order chi connectivity index (χ1) is 10.1. The Kier molecular flexibility index (Phi) is 4.86. The topological polar surface area (TPSA) is 41.4 Å². The number of amides is 1. The predicted octanol–water partition coefficient (Wildman–Crippen LogP) is 2.31. The number of halogens is 4. The van der Waals surface area contributed by atoms with Gasteiger partial charge in [-0.15, -0.1) is 0 Å². The van der Waals surface area contributed by atoms with E-state index in [-0.39, 0.29) is 10.4 Å². The molecule has 124 valence electrons. The SMILES string of the molecule is Cc1c(Br)c(C(F)(F)F)nn1[C@@H](C)C(=O)N1CCN(C)CC1. The minimum Gasteiger partial charge on any atom is -0.338 e. The zero-order valence-corrected chi connectivity index (χ0v) is 14.2. The van der Waals surface area contributed by atoms with Crippen LogP contribution in [0.25, 0.3) is 0 Å². The fourth-order valence-electron chi connectivity index (χ4n) is 2.45. The van der Waals surface area contributed by atoms with Crippen LogP contribution in [-0.4, -0.2) is 58.7 Å². The summed E-state index contributed by atoms with van der Waals surface area (Å²) in [4.78, 5) is 16.3. The highest BCUT2D eigenvalue weighted by molar-refractivity contribution is 9.10. The van der Waals surface area contributed by atoms with Crippen molar-refractivity contribution < 1.29 is 18.0 Å². The first-order valence-corrected chi connectivity index (χ1v) is 7.71. The van der Waals surface area contributed by atoms with Gasteiger partial charge in [-0.3, -0.25) is 9.48 Å². The number of carbonyl (C=O) groups is 1. The lowest BCUT2D eigenvalue weighted by atomic mass is 10.2. The number of piperazine rings is 1. The van der Waals surface area contributed by atoms with E-state index in [1.54, 1.807) is 11.8 Å². The molecule has 0 bridgehead atoms. The molecule has 9 heteroatoms. The van der Waals surface area contributed by atoms with E-state index in [4.69, 9.17) is 0 Å². The molecule has 0 N–H and O–H groups in total. The van der Waals surface area contributed by atoms with Gasteiger partial charge < -0.3 is 9.80 Å². The Labute approximate surface area is 135 Å². The van der Waals surface area contributed by atoms with Crippen LogP contribution in [0, 0.1) is 6.92 Å². The molecular weight excluding hydrogens is 365 g/mol. The van der Waals surface area contributed by atoms with E-state index in [2.05, 4.69) is 25.9 Å². The normalized spacial score (nSPS) is 18.6. The monoisotopic (exact) mass is 382 g/mol. The molecule has 1 amide bonds. The maximum absolute atomic E-state index is 12.9. The summed E-state index contributed by atoms with van der Waals surface area (Å²) in [6.07, 6.45) is -4.55. The number of alkyl halides is 3. The second-order valence-electron chi connectivity index (χ2n) is 5.49. The zero-order valence-electron chi connectivity index (χ0n) is 12.6. The van der Waals surface area contributed by atoms with Crippen LogP contribution in [0.4, 0.5) is 13.2 Å². The molecule has 1 aliphatic heterocycles. The summed E-state index contributed by atoms with van der Waals surface area (Å²) >= 11 is 2.92. The van der Waals surface area contributed by atoms with Gasteiger partial charge in [-0.1, -0.05) is 0 Å². The van der Waals surface area contributed by atoms with Crippen molar-refractivity contribution in [3.05, 3.63) is 15.9 Å². The van der Waals surface area contributed by atoms with Gasteiger partial charge in [0.2, 0.25) is 5.91 Å². The lowest BCUT2D eigenvalue weighted by molar-refractivity contribution is -0.143. The Morgan fingerprint density at radius 2 is 1.82 bits per heavy atom. The molecule has 0 radical (unpaired) electrons. The van der Waals surface area contributed by atoms with Crippen LogP contribution in [0.5, 0.6) is 0 Å². The van der Waals surface area contributed by atoms with Crippen molar-refractivity contribution in [2.24, 2.45) is 0 Å². The smallest absolute Gasteiger partial charge is 0.338 e. The molecule has 5 nitrogen and oxygen atoms in total. The maximum atomic E-state index is 12.9. The van der Waals surface area contributed by atoms with Gasteiger partial charge in [-0.25, -0.2) is 0 Å². The summed E-state index contributed by atoms with van der Waals surface area (Å²) in [5.41, 5.74) is -0.703. The average Bonchev–Trinajstić information content (AvgIpc) is 2.74. The second-order valence-corrected chi connectivity index (χ2v) is 6.29. The Bertz CT molecular complexity index is 564. The summed E-state index contributed by atoms with van der Waals surface area (Å²) in [5, 5.41) is 3.60. The molecule has 0 spiro atoms. The first-order valence-electron chi connectivity index (χ1n) is 6.92. The van der Waals surface area contributed by atoms with Crippen molar-refractivity contribution in [2.75, 3.05) is 33.2 Å². The van der Waals surface area contributed by atoms with Crippen LogP contribution in [-0.2, 0) is 11.0 Å². The second kappa shape index (κ2) is 6.19. The highest BCUT2D eigenvalue weighted by Crippen LogP contribution is 2.36. The Balaban J connectivity index is 2.22. The van der Waals surface area contributed by atoms with E-state index in [0.29, 0.717) is 18.8 Å². The van der Waals surface area contributed by atoms with Crippen molar-refractivity contribution in [1.29, 1.82) is 0 Å². The number of hydrogen-bond acceptors (Lipinski definition) is 3. The van der Waals surface area contributed by atoms with Gasteiger partial charge in [0.25, 0.3) is 0 Å². The Morgan fingerprint density at radius 3 is 2.27 bits per heavy atom. The minimum atomic E-state index is -4.55. The summed E-state index contributed by atoms with van der Waals surface area (Å²) in [6, 6.07) is -0.768. The third-order valence-electron chi connectivity index (χ3n) is 3.88. The third kappa shape index (κ3) is 3.29. The number of aromatic nitrogens is 2. The van der Waals surface area contributed by atoms with E-state index < -0.39 is 17.9 Å². The van der Waals surface area contributed by atoms with Gasteiger partial charge in [0, 0.05) is 26.2 Å². The molecule has 1 aromatic heterocycles. The molecule has 2 heterocycles. The quantitative estimate of drug-likeness (QED) is 0.787. The summed E-state index contributed by atoms with van der Waals surface area (Å²) in [7, 11) is 1.97. The largest absolute Gasteiger partial charge is 0.436 e. The van der Waals surface area contributed by atoms with E-state index in [1.807, 2.05) is 7.05 Å². The Hall–Kier alpha value is -1.09. The minimum absolute atomic E-state index is 0.113. The van der Waals surface area contributed by atoms with E-state index >= 15 is 0 Å².